The predicted molar refractivity (Wildman–Crippen MR) is 184 cm³/mol. The zero-order chi connectivity index (χ0) is 31.0. The molecule has 0 radical (unpaired) electrons. The number of pyridine rings is 4. The fourth-order valence-corrected chi connectivity index (χ4v) is 6.32. The van der Waals surface area contributed by atoms with Crippen LogP contribution < -0.4 is 0 Å². The van der Waals surface area contributed by atoms with E-state index >= 15 is 0 Å². The second-order valence-corrected chi connectivity index (χ2v) is 11.6. The van der Waals surface area contributed by atoms with E-state index in [9.17, 15) is 0 Å². The Kier molecular flexibility index (Phi) is 9.08. The summed E-state index contributed by atoms with van der Waals surface area (Å²) in [5.41, 5.74) is 6.82. The lowest BCUT2D eigenvalue weighted by Gasteiger charge is -2.27. The Labute approximate surface area is 270 Å². The highest BCUT2D eigenvalue weighted by Gasteiger charge is 2.20. The van der Waals surface area contributed by atoms with Crippen LogP contribution in [0.25, 0.3) is 21.5 Å². The Morgan fingerprint density at radius 1 is 0.304 bits per heavy atom. The smallest absolute Gasteiger partial charge is 0.0544 e. The van der Waals surface area contributed by atoms with Crippen LogP contribution >= 0.6 is 0 Å². The molecule has 0 amide bonds. The predicted octanol–water partition coefficient (Wildman–Crippen LogP) is 7.98. The van der Waals surface area contributed by atoms with Gasteiger partial charge in [-0.2, -0.15) is 0 Å². The van der Waals surface area contributed by atoms with Crippen molar-refractivity contribution in [3.05, 3.63) is 180 Å². The second-order valence-electron chi connectivity index (χ2n) is 11.6. The summed E-state index contributed by atoms with van der Waals surface area (Å²) in [6.45, 7) is 4.43. The van der Waals surface area contributed by atoms with E-state index in [0.29, 0.717) is 0 Å². The quantitative estimate of drug-likeness (QED) is 0.133. The highest BCUT2D eigenvalue weighted by Crippen LogP contribution is 2.35. The molecule has 7 aromatic rings. The molecule has 0 fully saturated rings. The zero-order valence-electron chi connectivity index (χ0n) is 25.8. The maximum atomic E-state index is 4.66. The molecule has 0 spiro atoms. The van der Waals surface area contributed by atoms with Crippen molar-refractivity contribution in [2.24, 2.45) is 0 Å². The van der Waals surface area contributed by atoms with E-state index in [1.165, 1.54) is 32.7 Å². The van der Waals surface area contributed by atoms with Crippen LogP contribution in [0.4, 0.5) is 0 Å². The summed E-state index contributed by atoms with van der Waals surface area (Å²) in [6, 6.07) is 42.3. The van der Waals surface area contributed by atoms with Crippen molar-refractivity contribution in [1.82, 2.24) is 29.7 Å². The van der Waals surface area contributed by atoms with Crippen LogP contribution in [0.2, 0.25) is 0 Å². The minimum absolute atomic E-state index is 0.726. The first kappa shape index (κ1) is 29.4. The van der Waals surface area contributed by atoms with Crippen molar-refractivity contribution in [2.45, 2.75) is 39.3 Å². The van der Waals surface area contributed by atoms with Crippen molar-refractivity contribution in [1.29, 1.82) is 0 Å². The van der Waals surface area contributed by atoms with Crippen molar-refractivity contribution in [3.63, 3.8) is 0 Å². The van der Waals surface area contributed by atoms with Crippen molar-refractivity contribution >= 4 is 21.5 Å². The Morgan fingerprint density at radius 3 is 0.804 bits per heavy atom. The summed E-state index contributed by atoms with van der Waals surface area (Å²) in [6.07, 6.45) is 7.48. The molecule has 226 valence electrons. The summed E-state index contributed by atoms with van der Waals surface area (Å²) in [5, 5.41) is 5.11. The largest absolute Gasteiger partial charge is 0.287 e. The molecule has 0 atom stereocenters. The third-order valence-electron chi connectivity index (χ3n) is 8.37. The van der Waals surface area contributed by atoms with Crippen LogP contribution in [0.3, 0.4) is 0 Å². The number of fused-ring (bicyclic) bond motifs is 2. The van der Waals surface area contributed by atoms with E-state index in [1.54, 1.807) is 0 Å². The number of rotatable bonds is 12. The molecule has 0 bridgehead atoms. The topological polar surface area (TPSA) is 58.0 Å². The summed E-state index contributed by atoms with van der Waals surface area (Å²) >= 11 is 0. The minimum Gasteiger partial charge on any atom is -0.287 e. The number of hydrogen-bond donors (Lipinski definition) is 0. The summed E-state index contributed by atoms with van der Waals surface area (Å²) in [4.78, 5) is 23.6. The standard InChI is InChI=1S/C40H36N6/c1-2-18-36-35(17-1)39(29-45(25-31-13-5-9-21-41-31)26-32-14-6-10-22-42-32)37-19-3-4-20-38(37)40(36)30-46(27-33-15-7-11-23-43-33)28-34-16-8-12-24-44-34/h1-24H,25-30H2. The Balaban J connectivity index is 1.31. The molecule has 0 saturated carbocycles. The maximum Gasteiger partial charge on any atom is 0.0544 e. The number of benzene rings is 3. The van der Waals surface area contributed by atoms with Gasteiger partial charge in [-0.3, -0.25) is 29.7 Å². The molecule has 0 aliphatic rings. The van der Waals surface area contributed by atoms with Crippen LogP contribution in [0, 0.1) is 0 Å². The van der Waals surface area contributed by atoms with Crippen LogP contribution in [0.5, 0.6) is 0 Å². The van der Waals surface area contributed by atoms with Crippen LogP contribution in [-0.2, 0) is 39.3 Å². The first-order valence-corrected chi connectivity index (χ1v) is 15.8. The maximum absolute atomic E-state index is 4.66. The highest BCUT2D eigenvalue weighted by atomic mass is 15.1. The molecule has 0 saturated heterocycles. The van der Waals surface area contributed by atoms with Gasteiger partial charge < -0.3 is 0 Å². The lowest BCUT2D eigenvalue weighted by atomic mass is 9.91. The highest BCUT2D eigenvalue weighted by molar-refractivity contribution is 6.05. The molecular formula is C40H36N6. The second kappa shape index (κ2) is 14.2. The van der Waals surface area contributed by atoms with E-state index in [-0.39, 0.29) is 0 Å². The van der Waals surface area contributed by atoms with Crippen molar-refractivity contribution < 1.29 is 0 Å². The van der Waals surface area contributed by atoms with E-state index in [2.05, 4.69) is 127 Å². The Hall–Kier alpha value is -5.30. The third-order valence-corrected chi connectivity index (χ3v) is 8.37. The van der Waals surface area contributed by atoms with Gasteiger partial charge in [-0.1, -0.05) is 72.8 Å². The molecule has 4 aromatic heterocycles. The lowest BCUT2D eigenvalue weighted by Crippen LogP contribution is -2.25. The molecule has 6 nitrogen and oxygen atoms in total. The molecular weight excluding hydrogens is 564 g/mol. The average Bonchev–Trinajstić information content (AvgIpc) is 3.11. The van der Waals surface area contributed by atoms with Gasteiger partial charge >= 0.3 is 0 Å². The molecule has 3 aromatic carbocycles. The van der Waals surface area contributed by atoms with Crippen molar-refractivity contribution in [3.8, 4) is 0 Å². The molecule has 0 unspecified atom stereocenters. The van der Waals surface area contributed by atoms with Gasteiger partial charge in [0.25, 0.3) is 0 Å². The first-order valence-electron chi connectivity index (χ1n) is 15.8. The van der Waals surface area contributed by atoms with E-state index < -0.39 is 0 Å². The molecule has 0 aliphatic heterocycles. The summed E-state index contributed by atoms with van der Waals surface area (Å²) < 4.78 is 0. The van der Waals surface area contributed by atoms with Gasteiger partial charge in [-0.05, 0) is 81.2 Å². The van der Waals surface area contributed by atoms with Gasteiger partial charge in [0.05, 0.1) is 22.8 Å². The summed E-state index contributed by atoms with van der Waals surface area (Å²) in [5.74, 6) is 0. The minimum atomic E-state index is 0.726. The normalized spacial score (nSPS) is 11.5. The van der Waals surface area contributed by atoms with Crippen LogP contribution in [-0.4, -0.2) is 29.7 Å². The fraction of sp³-hybridized carbons (Fsp3) is 0.150. The molecule has 46 heavy (non-hydrogen) atoms. The summed E-state index contributed by atoms with van der Waals surface area (Å²) in [7, 11) is 0. The van der Waals surface area contributed by atoms with Gasteiger partial charge in [-0.15, -0.1) is 0 Å². The number of nitrogens with zero attached hydrogens (tertiary/aromatic N) is 6. The molecule has 0 N–H and O–H groups in total. The monoisotopic (exact) mass is 600 g/mol. The average molecular weight is 601 g/mol. The molecule has 7 rings (SSSR count). The molecule has 0 aliphatic carbocycles. The Morgan fingerprint density at radius 2 is 0.565 bits per heavy atom. The van der Waals surface area contributed by atoms with Crippen molar-refractivity contribution in [2.75, 3.05) is 0 Å². The molecule has 4 heterocycles. The zero-order valence-corrected chi connectivity index (χ0v) is 25.8. The first-order chi connectivity index (χ1) is 22.8. The van der Waals surface area contributed by atoms with Crippen LogP contribution in [0.1, 0.15) is 33.9 Å². The number of hydrogen-bond acceptors (Lipinski definition) is 6. The van der Waals surface area contributed by atoms with E-state index in [0.717, 1.165) is 62.0 Å². The molecule has 6 heteroatoms. The van der Waals surface area contributed by atoms with Gasteiger partial charge in [0.2, 0.25) is 0 Å². The van der Waals surface area contributed by atoms with Gasteiger partial charge in [0, 0.05) is 64.1 Å². The van der Waals surface area contributed by atoms with Gasteiger partial charge in [0.15, 0.2) is 0 Å². The van der Waals surface area contributed by atoms with Crippen LogP contribution in [0.15, 0.2) is 146 Å². The van der Waals surface area contributed by atoms with E-state index in [4.69, 9.17) is 0 Å². The number of aromatic nitrogens is 4. The van der Waals surface area contributed by atoms with Gasteiger partial charge in [0.1, 0.15) is 0 Å². The lowest BCUT2D eigenvalue weighted by molar-refractivity contribution is 0.242. The fourth-order valence-electron chi connectivity index (χ4n) is 6.32. The van der Waals surface area contributed by atoms with Gasteiger partial charge in [-0.25, -0.2) is 0 Å². The third kappa shape index (κ3) is 6.99. The van der Waals surface area contributed by atoms with E-state index in [1.807, 2.05) is 49.1 Å². The Bertz CT molecular complexity index is 1710. The SMILES string of the molecule is c1ccc(CN(Cc2ccccn2)Cc2c3ccccc3c(CN(Cc3ccccn3)Cc3ccccn3)c3ccccc23)nc1.